The number of rotatable bonds is 5. The highest BCUT2D eigenvalue weighted by Crippen LogP contribution is 2.33. The summed E-state index contributed by atoms with van der Waals surface area (Å²) < 4.78 is 33.5. The maximum atomic E-state index is 12.1. The van der Waals surface area contributed by atoms with Gasteiger partial charge in [-0.15, -0.1) is 0 Å². The summed E-state index contributed by atoms with van der Waals surface area (Å²) in [7, 11) is 0. The number of aromatic nitrogens is 4. The molecule has 0 atom stereocenters. The van der Waals surface area contributed by atoms with Crippen molar-refractivity contribution in [1.29, 1.82) is 0 Å². The number of piperidine rings is 1. The molecule has 3 aromatic rings. The molecule has 9 nitrogen and oxygen atoms in total. The molecule has 2 N–H and O–H groups in total. The molecule has 37 heavy (non-hydrogen) atoms. The molecule has 1 aliphatic heterocycles. The lowest BCUT2D eigenvalue weighted by atomic mass is 9.96. The van der Waals surface area contributed by atoms with Crippen LogP contribution in [-0.2, 0) is 11.3 Å². The zero-order chi connectivity index (χ0) is 26.7. The monoisotopic (exact) mass is 538 g/mol. The molecule has 0 spiro atoms. The summed E-state index contributed by atoms with van der Waals surface area (Å²) in [6.07, 6.45) is 2.81. The van der Waals surface area contributed by atoms with Crippen LogP contribution in [0.15, 0.2) is 35.4 Å². The summed E-state index contributed by atoms with van der Waals surface area (Å²) in [6, 6.07) is 5.67. The van der Waals surface area contributed by atoms with E-state index in [1.165, 1.54) is 18.9 Å². The minimum absolute atomic E-state index is 0.000869. The average Bonchev–Trinajstić information content (AvgIpc) is 3.65. The van der Waals surface area contributed by atoms with Gasteiger partial charge in [0.15, 0.2) is 11.6 Å². The van der Waals surface area contributed by atoms with Gasteiger partial charge in [0.25, 0.3) is 5.56 Å². The Morgan fingerprint density at radius 3 is 2.46 bits per heavy atom. The van der Waals surface area contributed by atoms with E-state index in [0.29, 0.717) is 23.5 Å². The van der Waals surface area contributed by atoms with Gasteiger partial charge in [0.1, 0.15) is 5.52 Å². The van der Waals surface area contributed by atoms with E-state index in [-0.39, 0.29) is 5.56 Å². The molecule has 1 saturated heterocycles. The van der Waals surface area contributed by atoms with E-state index in [9.17, 15) is 18.0 Å². The second kappa shape index (κ2) is 10.9. The fourth-order valence-corrected chi connectivity index (χ4v) is 4.22. The van der Waals surface area contributed by atoms with Gasteiger partial charge in [0.2, 0.25) is 0 Å². The van der Waals surface area contributed by atoms with E-state index in [1.54, 1.807) is 23.0 Å². The maximum Gasteiger partial charge on any atom is 0.490 e. The van der Waals surface area contributed by atoms with Crippen molar-refractivity contribution in [1.82, 2.24) is 19.5 Å². The number of aryl methyl sites for hydroxylation is 1. The Labute approximate surface area is 215 Å². The first-order valence-electron chi connectivity index (χ1n) is 11.8. The quantitative estimate of drug-likeness (QED) is 0.495. The smallest absolute Gasteiger partial charge is 0.475 e. The van der Waals surface area contributed by atoms with Crippen LogP contribution >= 0.6 is 11.6 Å². The standard InChI is InChI=1S/C22H25ClN6O.C2HF3O2/c1-14-10-18-19(11-24-14)27-22(21(26-18)25-17-3-4-17)28-8-6-15(7-9-28)12-29-13-16(23)2-5-20(29)30;3-2(4,5)1(6)7/h2,5,10-11,13,15,17H,3-4,6-9,12H2,1H3,(H,25,26);(H,6,7). The Balaban J connectivity index is 0.000000405. The summed E-state index contributed by atoms with van der Waals surface area (Å²) in [6.45, 7) is 4.45. The summed E-state index contributed by atoms with van der Waals surface area (Å²) in [5, 5.41) is 11.3. The van der Waals surface area contributed by atoms with Crippen LogP contribution in [0.25, 0.3) is 11.0 Å². The zero-order valence-corrected chi connectivity index (χ0v) is 20.8. The molecule has 2 fully saturated rings. The third-order valence-electron chi connectivity index (χ3n) is 6.15. The maximum absolute atomic E-state index is 12.1. The van der Waals surface area contributed by atoms with Crippen LogP contribution in [-0.4, -0.2) is 55.9 Å². The zero-order valence-electron chi connectivity index (χ0n) is 20.0. The van der Waals surface area contributed by atoms with Gasteiger partial charge in [-0.3, -0.25) is 9.78 Å². The Morgan fingerprint density at radius 1 is 1.16 bits per heavy atom. The summed E-state index contributed by atoms with van der Waals surface area (Å²) in [5.74, 6) is -0.527. The molecule has 0 bridgehead atoms. The van der Waals surface area contributed by atoms with E-state index < -0.39 is 12.1 Å². The number of anilines is 2. The number of carboxylic acid groups (broad SMARTS) is 1. The summed E-state index contributed by atoms with van der Waals surface area (Å²) in [5.41, 5.74) is 2.65. The second-order valence-electron chi connectivity index (χ2n) is 9.20. The van der Waals surface area contributed by atoms with Gasteiger partial charge >= 0.3 is 12.1 Å². The van der Waals surface area contributed by atoms with Gasteiger partial charge in [-0.05, 0) is 50.7 Å². The third kappa shape index (κ3) is 7.09. The Kier molecular flexibility index (Phi) is 7.86. The second-order valence-corrected chi connectivity index (χ2v) is 9.64. The first-order chi connectivity index (χ1) is 17.5. The molecule has 0 aromatic carbocycles. The number of halogens is 4. The number of carboxylic acids is 1. The average molecular weight is 539 g/mol. The van der Waals surface area contributed by atoms with Crippen LogP contribution in [0, 0.1) is 12.8 Å². The van der Waals surface area contributed by atoms with E-state index in [4.69, 9.17) is 31.5 Å². The minimum atomic E-state index is -5.08. The normalized spacial score (nSPS) is 16.3. The van der Waals surface area contributed by atoms with Crippen molar-refractivity contribution in [2.45, 2.75) is 51.4 Å². The predicted molar refractivity (Wildman–Crippen MR) is 133 cm³/mol. The van der Waals surface area contributed by atoms with Crippen molar-refractivity contribution in [3.05, 3.63) is 51.7 Å². The Bertz CT molecular complexity index is 1340. The topological polar surface area (TPSA) is 113 Å². The van der Waals surface area contributed by atoms with Gasteiger partial charge in [-0.25, -0.2) is 14.8 Å². The number of hydrogen-bond donors (Lipinski definition) is 2. The van der Waals surface area contributed by atoms with Crippen LogP contribution < -0.4 is 15.8 Å². The lowest BCUT2D eigenvalue weighted by Crippen LogP contribution is -2.37. The van der Waals surface area contributed by atoms with E-state index in [0.717, 1.165) is 54.3 Å². The van der Waals surface area contributed by atoms with Gasteiger partial charge in [0, 0.05) is 43.6 Å². The summed E-state index contributed by atoms with van der Waals surface area (Å²) >= 11 is 6.06. The summed E-state index contributed by atoms with van der Waals surface area (Å²) in [4.78, 5) is 37.5. The van der Waals surface area contributed by atoms with Crippen molar-refractivity contribution in [3.63, 3.8) is 0 Å². The number of alkyl halides is 3. The molecule has 1 aliphatic carbocycles. The molecule has 13 heteroatoms. The van der Waals surface area contributed by atoms with E-state index in [1.807, 2.05) is 13.0 Å². The predicted octanol–water partition coefficient (Wildman–Crippen LogP) is 4.27. The fraction of sp³-hybridized carbons (Fsp3) is 0.458. The fourth-order valence-electron chi connectivity index (χ4n) is 4.04. The van der Waals surface area contributed by atoms with Crippen molar-refractivity contribution in [2.24, 2.45) is 5.92 Å². The molecular weight excluding hydrogens is 513 g/mol. The molecule has 1 saturated carbocycles. The number of aliphatic carboxylic acids is 1. The molecular formula is C24H26ClF3N6O3. The molecule has 4 heterocycles. The Hall–Kier alpha value is -3.41. The highest BCUT2D eigenvalue weighted by molar-refractivity contribution is 6.30. The van der Waals surface area contributed by atoms with Crippen molar-refractivity contribution in [3.8, 4) is 0 Å². The number of carbonyl (C=O) groups is 1. The lowest BCUT2D eigenvalue weighted by molar-refractivity contribution is -0.192. The number of fused-ring (bicyclic) bond motifs is 1. The van der Waals surface area contributed by atoms with Crippen LogP contribution in [0.1, 0.15) is 31.4 Å². The van der Waals surface area contributed by atoms with Crippen LogP contribution in [0.2, 0.25) is 5.02 Å². The first-order valence-corrected chi connectivity index (χ1v) is 12.2. The number of nitrogens with one attached hydrogen (secondary N) is 1. The molecule has 0 radical (unpaired) electrons. The SMILES string of the molecule is Cc1cc2nc(NC3CC3)c(N3CCC(Cn4cc(Cl)ccc4=O)CC3)nc2cn1.O=C(O)C(F)(F)F. The van der Waals surface area contributed by atoms with Gasteiger partial charge in [-0.2, -0.15) is 13.2 Å². The first kappa shape index (κ1) is 26.6. The van der Waals surface area contributed by atoms with E-state index >= 15 is 0 Å². The molecule has 198 valence electrons. The largest absolute Gasteiger partial charge is 0.490 e. The number of pyridine rings is 2. The van der Waals surface area contributed by atoms with Crippen LogP contribution in [0.5, 0.6) is 0 Å². The Morgan fingerprint density at radius 2 is 1.84 bits per heavy atom. The highest BCUT2D eigenvalue weighted by Gasteiger charge is 2.38. The van der Waals surface area contributed by atoms with E-state index in [2.05, 4.69) is 15.2 Å². The molecule has 3 aromatic heterocycles. The van der Waals surface area contributed by atoms with Crippen LogP contribution in [0.4, 0.5) is 24.8 Å². The molecule has 5 rings (SSSR count). The van der Waals surface area contributed by atoms with Crippen molar-refractivity contribution >= 4 is 40.2 Å². The van der Waals surface area contributed by atoms with Crippen molar-refractivity contribution in [2.75, 3.05) is 23.3 Å². The molecule has 2 aliphatic rings. The molecule has 0 amide bonds. The van der Waals surface area contributed by atoms with Crippen molar-refractivity contribution < 1.29 is 23.1 Å². The van der Waals surface area contributed by atoms with Crippen LogP contribution in [0.3, 0.4) is 0 Å². The third-order valence-corrected chi connectivity index (χ3v) is 6.37. The van der Waals surface area contributed by atoms with Gasteiger partial charge < -0.3 is 19.9 Å². The lowest BCUT2D eigenvalue weighted by Gasteiger charge is -2.34. The molecule has 0 unspecified atom stereocenters. The van der Waals surface area contributed by atoms with Gasteiger partial charge in [0.05, 0.1) is 16.7 Å². The highest BCUT2D eigenvalue weighted by atomic mass is 35.5. The number of nitrogens with zero attached hydrogens (tertiary/aromatic N) is 5. The van der Waals surface area contributed by atoms with Gasteiger partial charge in [-0.1, -0.05) is 11.6 Å². The number of hydrogen-bond acceptors (Lipinski definition) is 7. The minimum Gasteiger partial charge on any atom is -0.475 e.